The maximum Gasteiger partial charge on any atom is 0.305 e. The summed E-state index contributed by atoms with van der Waals surface area (Å²) in [5.74, 6) is 0.535. The Hall–Kier alpha value is -0.610. The van der Waals surface area contributed by atoms with Crippen LogP contribution >= 0.6 is 0 Å². The number of nitrogens with zero attached hydrogens (tertiary/aromatic N) is 1. The predicted octanol–water partition coefficient (Wildman–Crippen LogP) is 7.13. The molecule has 0 radical (unpaired) electrons. The van der Waals surface area contributed by atoms with Gasteiger partial charge in [0.05, 0.1) is 13.2 Å². The zero-order valence-electron chi connectivity index (χ0n) is 21.3. The van der Waals surface area contributed by atoms with Crippen LogP contribution in [0, 0.1) is 5.92 Å². The van der Waals surface area contributed by atoms with E-state index < -0.39 is 0 Å². The lowest BCUT2D eigenvalue weighted by molar-refractivity contribution is -0.145. The molecule has 0 saturated heterocycles. The van der Waals surface area contributed by atoms with Crippen molar-refractivity contribution in [3.05, 3.63) is 0 Å². The molecule has 0 fully saturated rings. The van der Waals surface area contributed by atoms with Gasteiger partial charge in [0.25, 0.3) is 0 Å². The molecule has 4 nitrogen and oxygen atoms in total. The Morgan fingerprint density at radius 3 is 1.81 bits per heavy atom. The van der Waals surface area contributed by atoms with Crippen molar-refractivity contribution in [2.75, 3.05) is 33.4 Å². The standard InChI is InChI=1S/C27H55NO3/c1-4-6-8-10-12-15-19-26(20-16-13-11-9-7-5-2)25-31-27(30)21-17-14-18-22-28(3)23-24-29/h26,29H,4-25H2,1-3H3. The highest BCUT2D eigenvalue weighted by molar-refractivity contribution is 5.69. The van der Waals surface area contributed by atoms with Gasteiger partial charge in [0.15, 0.2) is 0 Å². The minimum atomic E-state index is -0.0143. The molecule has 0 aliphatic heterocycles. The van der Waals surface area contributed by atoms with Gasteiger partial charge in [0, 0.05) is 13.0 Å². The van der Waals surface area contributed by atoms with Crippen molar-refractivity contribution in [3.63, 3.8) is 0 Å². The molecule has 0 aromatic carbocycles. The molecule has 0 aliphatic rings. The first kappa shape index (κ1) is 30.4. The summed E-state index contributed by atoms with van der Waals surface area (Å²) >= 11 is 0. The van der Waals surface area contributed by atoms with E-state index in [9.17, 15) is 4.79 Å². The van der Waals surface area contributed by atoms with Crippen molar-refractivity contribution in [2.24, 2.45) is 5.92 Å². The number of carbonyl (C=O) groups is 1. The molecule has 0 unspecified atom stereocenters. The largest absolute Gasteiger partial charge is 0.465 e. The predicted molar refractivity (Wildman–Crippen MR) is 133 cm³/mol. The van der Waals surface area contributed by atoms with Crippen molar-refractivity contribution < 1.29 is 14.6 Å². The van der Waals surface area contributed by atoms with Crippen molar-refractivity contribution in [1.29, 1.82) is 0 Å². The van der Waals surface area contributed by atoms with Crippen LogP contribution in [0.15, 0.2) is 0 Å². The zero-order chi connectivity index (χ0) is 23.0. The van der Waals surface area contributed by atoms with Crippen molar-refractivity contribution in [2.45, 2.75) is 129 Å². The SMILES string of the molecule is CCCCCCCCC(CCCCCCCC)COC(=O)CCCCCN(C)CCO. The number of esters is 1. The smallest absolute Gasteiger partial charge is 0.305 e. The highest BCUT2D eigenvalue weighted by Gasteiger charge is 2.12. The second-order valence-corrected chi connectivity index (χ2v) is 9.50. The first-order valence-electron chi connectivity index (χ1n) is 13.6. The Labute approximate surface area is 194 Å². The van der Waals surface area contributed by atoms with E-state index in [0.29, 0.717) is 18.9 Å². The Kier molecular flexibility index (Phi) is 23.6. The van der Waals surface area contributed by atoms with Crippen LogP contribution in [0.5, 0.6) is 0 Å². The van der Waals surface area contributed by atoms with Gasteiger partial charge in [-0.15, -0.1) is 0 Å². The average molecular weight is 442 g/mol. The Bertz CT molecular complexity index is 359. The van der Waals surface area contributed by atoms with Gasteiger partial charge >= 0.3 is 5.97 Å². The van der Waals surface area contributed by atoms with Gasteiger partial charge in [-0.2, -0.15) is 0 Å². The van der Waals surface area contributed by atoms with E-state index in [2.05, 4.69) is 18.7 Å². The van der Waals surface area contributed by atoms with Crippen molar-refractivity contribution >= 4 is 5.97 Å². The number of likely N-dealkylation sites (N-methyl/N-ethyl adjacent to an activating group) is 1. The molecule has 0 rings (SSSR count). The summed E-state index contributed by atoms with van der Waals surface area (Å²) in [6.45, 7) is 7.07. The van der Waals surface area contributed by atoms with Crippen LogP contribution in [0.25, 0.3) is 0 Å². The topological polar surface area (TPSA) is 49.8 Å². The average Bonchev–Trinajstić information content (AvgIpc) is 2.76. The van der Waals surface area contributed by atoms with Gasteiger partial charge in [-0.3, -0.25) is 4.79 Å². The fraction of sp³-hybridized carbons (Fsp3) is 0.963. The van der Waals surface area contributed by atoms with Crippen molar-refractivity contribution in [1.82, 2.24) is 4.90 Å². The Balaban J connectivity index is 4.00. The lowest BCUT2D eigenvalue weighted by Crippen LogP contribution is -2.23. The summed E-state index contributed by atoms with van der Waals surface area (Å²) in [7, 11) is 2.03. The minimum Gasteiger partial charge on any atom is -0.465 e. The molecule has 0 aromatic heterocycles. The molecular weight excluding hydrogens is 386 g/mol. The van der Waals surface area contributed by atoms with E-state index >= 15 is 0 Å². The summed E-state index contributed by atoms with van der Waals surface area (Å²) in [5.41, 5.74) is 0. The molecule has 31 heavy (non-hydrogen) atoms. The molecule has 186 valence electrons. The van der Waals surface area contributed by atoms with Crippen LogP contribution in [0.4, 0.5) is 0 Å². The minimum absolute atomic E-state index is 0.0143. The summed E-state index contributed by atoms with van der Waals surface area (Å²) in [5, 5.41) is 8.92. The van der Waals surface area contributed by atoms with Crippen LogP contribution in [-0.4, -0.2) is 49.3 Å². The molecule has 0 spiro atoms. The van der Waals surface area contributed by atoms with Gasteiger partial charge in [-0.05, 0) is 45.2 Å². The van der Waals surface area contributed by atoms with E-state index in [1.165, 1.54) is 89.9 Å². The van der Waals surface area contributed by atoms with Gasteiger partial charge < -0.3 is 14.7 Å². The van der Waals surface area contributed by atoms with Gasteiger partial charge in [-0.1, -0.05) is 97.3 Å². The monoisotopic (exact) mass is 441 g/mol. The maximum atomic E-state index is 12.2. The Morgan fingerprint density at radius 1 is 0.742 bits per heavy atom. The van der Waals surface area contributed by atoms with Crippen LogP contribution in [-0.2, 0) is 9.53 Å². The number of hydrogen-bond donors (Lipinski definition) is 1. The molecule has 0 bridgehead atoms. The van der Waals surface area contributed by atoms with Crippen LogP contribution in [0.1, 0.15) is 129 Å². The molecule has 0 saturated carbocycles. The van der Waals surface area contributed by atoms with Gasteiger partial charge in [-0.25, -0.2) is 0 Å². The van der Waals surface area contributed by atoms with Gasteiger partial charge in [0.1, 0.15) is 0 Å². The number of ether oxygens (including phenoxy) is 1. The number of carbonyl (C=O) groups excluding carboxylic acids is 1. The van der Waals surface area contributed by atoms with Crippen molar-refractivity contribution in [3.8, 4) is 0 Å². The third-order valence-corrected chi connectivity index (χ3v) is 6.31. The van der Waals surface area contributed by atoms with E-state index in [1.54, 1.807) is 0 Å². The van der Waals surface area contributed by atoms with Gasteiger partial charge in [0.2, 0.25) is 0 Å². The number of unbranched alkanes of at least 4 members (excludes halogenated alkanes) is 12. The first-order chi connectivity index (χ1) is 15.1. The molecule has 0 amide bonds. The molecule has 0 aliphatic carbocycles. The quantitative estimate of drug-likeness (QED) is 0.128. The van der Waals surface area contributed by atoms with E-state index in [-0.39, 0.29) is 12.6 Å². The zero-order valence-corrected chi connectivity index (χ0v) is 21.3. The molecule has 0 heterocycles. The third-order valence-electron chi connectivity index (χ3n) is 6.31. The molecule has 0 atom stereocenters. The number of aliphatic hydroxyl groups excluding tert-OH is 1. The lowest BCUT2D eigenvalue weighted by atomic mass is 9.94. The second kappa shape index (κ2) is 24.0. The highest BCUT2D eigenvalue weighted by atomic mass is 16.5. The summed E-state index contributed by atoms with van der Waals surface area (Å²) in [4.78, 5) is 14.3. The fourth-order valence-electron chi connectivity index (χ4n) is 4.13. The molecular formula is C27H55NO3. The maximum absolute atomic E-state index is 12.2. The summed E-state index contributed by atoms with van der Waals surface area (Å²) in [6.07, 6.45) is 22.0. The Morgan fingerprint density at radius 2 is 1.26 bits per heavy atom. The van der Waals surface area contributed by atoms with Crippen LogP contribution in [0.2, 0.25) is 0 Å². The number of rotatable bonds is 24. The van der Waals surface area contributed by atoms with E-state index in [1.807, 2.05) is 7.05 Å². The fourth-order valence-corrected chi connectivity index (χ4v) is 4.13. The first-order valence-corrected chi connectivity index (χ1v) is 13.6. The molecule has 4 heteroatoms. The lowest BCUT2D eigenvalue weighted by Gasteiger charge is -2.17. The van der Waals surface area contributed by atoms with Crippen LogP contribution < -0.4 is 0 Å². The normalized spacial score (nSPS) is 11.5. The third kappa shape index (κ3) is 22.4. The van der Waals surface area contributed by atoms with E-state index in [4.69, 9.17) is 9.84 Å². The highest BCUT2D eigenvalue weighted by Crippen LogP contribution is 2.20. The number of hydrogen-bond acceptors (Lipinski definition) is 4. The van der Waals surface area contributed by atoms with Crippen LogP contribution in [0.3, 0.4) is 0 Å². The molecule has 0 aromatic rings. The molecule has 1 N–H and O–H groups in total. The van der Waals surface area contributed by atoms with E-state index in [0.717, 1.165) is 32.4 Å². The second-order valence-electron chi connectivity index (χ2n) is 9.50. The summed E-state index contributed by atoms with van der Waals surface area (Å²) in [6, 6.07) is 0. The number of aliphatic hydroxyl groups is 1. The summed E-state index contributed by atoms with van der Waals surface area (Å²) < 4.78 is 5.68.